The van der Waals surface area contributed by atoms with Gasteiger partial charge in [-0.05, 0) is 18.2 Å². The van der Waals surface area contributed by atoms with E-state index in [2.05, 4.69) is 16.0 Å². The van der Waals surface area contributed by atoms with Gasteiger partial charge in [-0.15, -0.1) is 0 Å². The molecular weight excluding hydrogens is 280 g/mol. The molecule has 0 unspecified atom stereocenters. The second-order valence-electron chi connectivity index (χ2n) is 5.55. The Morgan fingerprint density at radius 1 is 1.18 bits per heavy atom. The van der Waals surface area contributed by atoms with E-state index in [1.165, 1.54) is 5.56 Å². The van der Waals surface area contributed by atoms with Gasteiger partial charge in [0.15, 0.2) is 0 Å². The van der Waals surface area contributed by atoms with Gasteiger partial charge in [0.1, 0.15) is 6.54 Å². The molecule has 1 N–H and O–H groups in total. The Bertz CT molecular complexity index is 622. The van der Waals surface area contributed by atoms with Crippen molar-refractivity contribution < 1.29 is 9.82 Å². The summed E-state index contributed by atoms with van der Waals surface area (Å²) in [5.74, 6) is 0. The van der Waals surface area contributed by atoms with Crippen LogP contribution in [0.15, 0.2) is 48.8 Å². The van der Waals surface area contributed by atoms with Crippen molar-refractivity contribution in [1.29, 1.82) is 0 Å². The zero-order chi connectivity index (χ0) is 15.4. The number of anilines is 1. The second-order valence-corrected chi connectivity index (χ2v) is 5.55. The van der Waals surface area contributed by atoms with E-state index in [1.807, 2.05) is 24.4 Å². The summed E-state index contributed by atoms with van der Waals surface area (Å²) in [5, 5.41) is 10.7. The Morgan fingerprint density at radius 2 is 1.91 bits per heavy atom. The van der Waals surface area contributed by atoms with Crippen LogP contribution >= 0.6 is 0 Å². The number of rotatable bonds is 4. The Labute approximate surface area is 129 Å². The Morgan fingerprint density at radius 3 is 2.50 bits per heavy atom. The van der Waals surface area contributed by atoms with Crippen molar-refractivity contribution in [2.45, 2.75) is 6.54 Å². The number of pyridine rings is 1. The van der Waals surface area contributed by atoms with E-state index in [0.29, 0.717) is 0 Å². The minimum atomic E-state index is -0.361. The van der Waals surface area contributed by atoms with E-state index in [-0.39, 0.29) is 10.6 Å². The highest BCUT2D eigenvalue weighted by atomic mass is 16.6. The quantitative estimate of drug-likeness (QED) is 0.673. The molecule has 6 nitrogen and oxygen atoms in total. The monoisotopic (exact) mass is 299 g/mol. The number of non-ortho nitro benzene ring substituents is 1. The van der Waals surface area contributed by atoms with E-state index in [1.54, 1.807) is 23.2 Å². The van der Waals surface area contributed by atoms with E-state index in [9.17, 15) is 10.1 Å². The third kappa shape index (κ3) is 3.40. The van der Waals surface area contributed by atoms with Gasteiger partial charge in [-0.3, -0.25) is 15.1 Å². The molecule has 0 bridgehead atoms. The molecule has 0 spiro atoms. The summed E-state index contributed by atoms with van der Waals surface area (Å²) < 4.78 is 0. The van der Waals surface area contributed by atoms with Crippen molar-refractivity contribution in [1.82, 2.24) is 4.98 Å². The molecule has 114 valence electrons. The van der Waals surface area contributed by atoms with Crippen molar-refractivity contribution in [3.8, 4) is 0 Å². The molecule has 0 aliphatic carbocycles. The number of piperazine rings is 1. The van der Waals surface area contributed by atoms with Crippen molar-refractivity contribution in [2.24, 2.45) is 0 Å². The van der Waals surface area contributed by atoms with Crippen molar-refractivity contribution >= 4 is 11.4 Å². The largest absolute Gasteiger partial charge is 0.360 e. The number of nitrogens with zero attached hydrogens (tertiary/aromatic N) is 3. The van der Waals surface area contributed by atoms with Crippen molar-refractivity contribution in [3.05, 3.63) is 64.5 Å². The first-order chi connectivity index (χ1) is 10.7. The van der Waals surface area contributed by atoms with Crippen LogP contribution in [0.5, 0.6) is 0 Å². The molecule has 22 heavy (non-hydrogen) atoms. The molecule has 6 heteroatoms. The maximum atomic E-state index is 10.7. The molecule has 1 aromatic heterocycles. The molecule has 2 aromatic rings. The van der Waals surface area contributed by atoms with E-state index in [4.69, 9.17) is 0 Å². The first-order valence-corrected chi connectivity index (χ1v) is 7.44. The van der Waals surface area contributed by atoms with Crippen LogP contribution in [0.3, 0.4) is 0 Å². The van der Waals surface area contributed by atoms with Crippen LogP contribution in [0, 0.1) is 10.1 Å². The molecule has 1 aliphatic rings. The van der Waals surface area contributed by atoms with Gasteiger partial charge in [0.25, 0.3) is 5.69 Å². The van der Waals surface area contributed by atoms with Gasteiger partial charge in [-0.1, -0.05) is 6.07 Å². The predicted molar refractivity (Wildman–Crippen MR) is 83.9 cm³/mol. The second kappa shape index (κ2) is 6.53. The molecule has 0 atom stereocenters. The zero-order valence-electron chi connectivity index (χ0n) is 12.3. The smallest absolute Gasteiger partial charge is 0.269 e. The zero-order valence-corrected chi connectivity index (χ0v) is 12.3. The minimum absolute atomic E-state index is 0.143. The fourth-order valence-electron chi connectivity index (χ4n) is 2.83. The summed E-state index contributed by atoms with van der Waals surface area (Å²) >= 11 is 0. The summed E-state index contributed by atoms with van der Waals surface area (Å²) in [7, 11) is 0. The summed E-state index contributed by atoms with van der Waals surface area (Å²) in [5.41, 5.74) is 2.47. The molecule has 1 aromatic carbocycles. The number of nitro benzene ring substituents is 1. The van der Waals surface area contributed by atoms with E-state index < -0.39 is 0 Å². The average Bonchev–Trinajstić information content (AvgIpc) is 2.57. The highest BCUT2D eigenvalue weighted by Gasteiger charge is 2.20. The minimum Gasteiger partial charge on any atom is -0.360 e. The Kier molecular flexibility index (Phi) is 4.29. The molecular formula is C16H19N4O2+. The SMILES string of the molecule is O=[N+]([O-])c1ccc(N2CC[NH+](Cc3cccnc3)CC2)cc1. The lowest BCUT2D eigenvalue weighted by molar-refractivity contribution is -0.914. The number of nitro groups is 1. The maximum Gasteiger partial charge on any atom is 0.269 e. The standard InChI is InChI=1S/C16H18N4O2/c21-20(22)16-5-3-15(4-6-16)19-10-8-18(9-11-19)13-14-2-1-7-17-12-14/h1-7,12H,8-11,13H2/p+1. The van der Waals surface area contributed by atoms with Crippen LogP contribution in [-0.2, 0) is 6.54 Å². The van der Waals surface area contributed by atoms with Gasteiger partial charge in [-0.25, -0.2) is 0 Å². The lowest BCUT2D eigenvalue weighted by atomic mass is 10.2. The van der Waals surface area contributed by atoms with E-state index in [0.717, 1.165) is 38.4 Å². The molecule has 2 heterocycles. The first kappa shape index (κ1) is 14.5. The fourth-order valence-corrected chi connectivity index (χ4v) is 2.83. The van der Waals surface area contributed by atoms with Gasteiger partial charge < -0.3 is 9.80 Å². The number of nitrogens with one attached hydrogen (secondary N) is 1. The third-order valence-corrected chi connectivity index (χ3v) is 4.07. The van der Waals surface area contributed by atoms with Crippen LogP contribution in [-0.4, -0.2) is 36.1 Å². The normalized spacial score (nSPS) is 15.7. The van der Waals surface area contributed by atoms with Crippen LogP contribution in [0.25, 0.3) is 0 Å². The van der Waals surface area contributed by atoms with E-state index >= 15 is 0 Å². The van der Waals surface area contributed by atoms with Crippen molar-refractivity contribution in [2.75, 3.05) is 31.1 Å². The average molecular weight is 299 g/mol. The van der Waals surface area contributed by atoms with Crippen molar-refractivity contribution in [3.63, 3.8) is 0 Å². The molecule has 1 saturated heterocycles. The lowest BCUT2D eigenvalue weighted by Crippen LogP contribution is -3.13. The summed E-state index contributed by atoms with van der Waals surface area (Å²) in [6.07, 6.45) is 3.72. The number of hydrogen-bond acceptors (Lipinski definition) is 4. The first-order valence-electron chi connectivity index (χ1n) is 7.44. The van der Waals surface area contributed by atoms with Gasteiger partial charge in [0.2, 0.25) is 0 Å². The van der Waals surface area contributed by atoms with Gasteiger partial charge in [0.05, 0.1) is 31.1 Å². The van der Waals surface area contributed by atoms with Gasteiger partial charge >= 0.3 is 0 Å². The molecule has 0 radical (unpaired) electrons. The van der Waals surface area contributed by atoms with Crippen LogP contribution < -0.4 is 9.80 Å². The predicted octanol–water partition coefficient (Wildman–Crippen LogP) is 0.895. The highest BCUT2D eigenvalue weighted by molar-refractivity contribution is 5.51. The maximum absolute atomic E-state index is 10.7. The molecule has 1 fully saturated rings. The number of hydrogen-bond donors (Lipinski definition) is 1. The molecule has 1 aliphatic heterocycles. The van der Waals surface area contributed by atoms with Crippen LogP contribution in [0.2, 0.25) is 0 Å². The summed E-state index contributed by atoms with van der Waals surface area (Å²) in [6.45, 7) is 5.06. The van der Waals surface area contributed by atoms with Gasteiger partial charge in [-0.2, -0.15) is 0 Å². The van der Waals surface area contributed by atoms with Gasteiger partial charge in [0, 0.05) is 35.8 Å². The molecule has 0 saturated carbocycles. The fraction of sp³-hybridized carbons (Fsp3) is 0.312. The lowest BCUT2D eigenvalue weighted by Gasteiger charge is -2.33. The molecule has 0 amide bonds. The third-order valence-electron chi connectivity index (χ3n) is 4.07. The topological polar surface area (TPSA) is 63.7 Å². The Balaban J connectivity index is 1.56. The number of aromatic nitrogens is 1. The van der Waals surface area contributed by atoms with Crippen LogP contribution in [0.1, 0.15) is 5.56 Å². The number of quaternary nitrogens is 1. The van der Waals surface area contributed by atoms with Crippen LogP contribution in [0.4, 0.5) is 11.4 Å². The molecule has 3 rings (SSSR count). The Hall–Kier alpha value is -2.47. The highest BCUT2D eigenvalue weighted by Crippen LogP contribution is 2.19. The summed E-state index contributed by atoms with van der Waals surface area (Å²) in [6, 6.07) is 10.9. The number of benzene rings is 1. The summed E-state index contributed by atoms with van der Waals surface area (Å²) in [4.78, 5) is 18.3.